The van der Waals surface area contributed by atoms with Gasteiger partial charge in [0.25, 0.3) is 0 Å². The van der Waals surface area contributed by atoms with Crippen molar-refractivity contribution in [1.29, 1.82) is 0 Å². The minimum Gasteiger partial charge on any atom is -0.297 e. The summed E-state index contributed by atoms with van der Waals surface area (Å²) < 4.78 is 16.3. The highest BCUT2D eigenvalue weighted by molar-refractivity contribution is 5.62. The van der Waals surface area contributed by atoms with Gasteiger partial charge in [0.1, 0.15) is 11.5 Å². The van der Waals surface area contributed by atoms with Crippen molar-refractivity contribution < 1.29 is 4.39 Å². The predicted octanol–water partition coefficient (Wildman–Crippen LogP) is 3.70. The SMILES string of the molecule is Fc1ccccc1-c1nnn2c1CC[C@@H]1CN(Cc3ccccc3)C[C@H]12. The van der Waals surface area contributed by atoms with E-state index in [2.05, 4.69) is 50.2 Å². The van der Waals surface area contributed by atoms with Crippen LogP contribution in [0.2, 0.25) is 0 Å². The average molecular weight is 348 g/mol. The molecule has 0 bridgehead atoms. The fraction of sp³-hybridized carbons (Fsp3) is 0.333. The third kappa shape index (κ3) is 2.63. The van der Waals surface area contributed by atoms with Gasteiger partial charge in [0, 0.05) is 25.2 Å². The molecule has 2 aliphatic heterocycles. The Bertz CT molecular complexity index is 921. The van der Waals surface area contributed by atoms with E-state index in [1.807, 2.05) is 6.07 Å². The van der Waals surface area contributed by atoms with E-state index in [1.165, 1.54) is 11.6 Å². The number of hydrogen-bond donors (Lipinski definition) is 0. The van der Waals surface area contributed by atoms with Crippen molar-refractivity contribution in [3.63, 3.8) is 0 Å². The molecule has 2 atom stereocenters. The zero-order chi connectivity index (χ0) is 17.5. The molecule has 5 rings (SSSR count). The second kappa shape index (κ2) is 6.32. The Morgan fingerprint density at radius 2 is 1.81 bits per heavy atom. The normalized spacial score (nSPS) is 22.2. The maximum Gasteiger partial charge on any atom is 0.132 e. The van der Waals surface area contributed by atoms with Crippen LogP contribution in [0.4, 0.5) is 4.39 Å². The summed E-state index contributed by atoms with van der Waals surface area (Å²) in [6.07, 6.45) is 2.03. The van der Waals surface area contributed by atoms with Gasteiger partial charge in [-0.3, -0.25) is 4.90 Å². The molecule has 3 aromatic rings. The summed E-state index contributed by atoms with van der Waals surface area (Å²) in [6.45, 7) is 3.04. The lowest BCUT2D eigenvalue weighted by atomic mass is 9.91. The lowest BCUT2D eigenvalue weighted by Gasteiger charge is -2.25. The van der Waals surface area contributed by atoms with Crippen molar-refractivity contribution in [2.75, 3.05) is 13.1 Å². The van der Waals surface area contributed by atoms with Crippen LogP contribution in [0.15, 0.2) is 54.6 Å². The molecule has 1 fully saturated rings. The summed E-state index contributed by atoms with van der Waals surface area (Å²) in [4.78, 5) is 2.50. The molecular weight excluding hydrogens is 327 g/mol. The van der Waals surface area contributed by atoms with Crippen molar-refractivity contribution in [3.8, 4) is 11.3 Å². The van der Waals surface area contributed by atoms with Crippen LogP contribution in [-0.4, -0.2) is 33.0 Å². The summed E-state index contributed by atoms with van der Waals surface area (Å²) in [5.41, 5.74) is 3.70. The van der Waals surface area contributed by atoms with Crippen LogP contribution in [0.3, 0.4) is 0 Å². The van der Waals surface area contributed by atoms with Gasteiger partial charge in [0.05, 0.1) is 11.7 Å². The highest BCUT2D eigenvalue weighted by atomic mass is 19.1. The molecule has 0 N–H and O–H groups in total. The van der Waals surface area contributed by atoms with Gasteiger partial charge in [-0.05, 0) is 36.5 Å². The number of fused-ring (bicyclic) bond motifs is 3. The van der Waals surface area contributed by atoms with Crippen LogP contribution in [0.25, 0.3) is 11.3 Å². The van der Waals surface area contributed by atoms with E-state index in [0.29, 0.717) is 23.2 Å². The summed E-state index contributed by atoms with van der Waals surface area (Å²) >= 11 is 0. The second-order valence-corrected chi connectivity index (χ2v) is 7.35. The van der Waals surface area contributed by atoms with Crippen LogP contribution in [-0.2, 0) is 13.0 Å². The number of likely N-dealkylation sites (tertiary alicyclic amines) is 1. The van der Waals surface area contributed by atoms with Crippen molar-refractivity contribution in [3.05, 3.63) is 71.7 Å². The monoisotopic (exact) mass is 348 g/mol. The molecule has 0 amide bonds. The average Bonchev–Trinajstić information content (AvgIpc) is 3.26. The lowest BCUT2D eigenvalue weighted by Crippen LogP contribution is -2.26. The first-order valence-electron chi connectivity index (χ1n) is 9.25. The van der Waals surface area contributed by atoms with Crippen LogP contribution >= 0.6 is 0 Å². The molecular formula is C21H21FN4. The summed E-state index contributed by atoms with van der Waals surface area (Å²) in [5, 5.41) is 8.78. The smallest absolute Gasteiger partial charge is 0.132 e. The maximum atomic E-state index is 14.2. The molecule has 2 aliphatic rings. The highest BCUT2D eigenvalue weighted by Crippen LogP contribution is 2.39. The van der Waals surface area contributed by atoms with E-state index in [9.17, 15) is 4.39 Å². The maximum absolute atomic E-state index is 14.2. The van der Waals surface area contributed by atoms with Crippen LogP contribution < -0.4 is 0 Å². The van der Waals surface area contributed by atoms with Crippen LogP contribution in [0.5, 0.6) is 0 Å². The first-order chi connectivity index (χ1) is 12.8. The number of nitrogens with zero attached hydrogens (tertiary/aromatic N) is 4. The largest absolute Gasteiger partial charge is 0.297 e. The first-order valence-corrected chi connectivity index (χ1v) is 9.25. The Balaban J connectivity index is 1.41. The number of benzene rings is 2. The topological polar surface area (TPSA) is 34.0 Å². The Morgan fingerprint density at radius 3 is 2.65 bits per heavy atom. The zero-order valence-electron chi connectivity index (χ0n) is 14.6. The third-order valence-corrected chi connectivity index (χ3v) is 5.72. The van der Waals surface area contributed by atoms with Gasteiger partial charge in [0.2, 0.25) is 0 Å². The Kier molecular flexibility index (Phi) is 3.82. The molecule has 1 aromatic heterocycles. The fourth-order valence-corrected chi connectivity index (χ4v) is 4.47. The Morgan fingerprint density at radius 1 is 1.00 bits per heavy atom. The minimum atomic E-state index is -0.227. The van der Waals surface area contributed by atoms with E-state index in [0.717, 1.165) is 38.2 Å². The van der Waals surface area contributed by atoms with Gasteiger partial charge >= 0.3 is 0 Å². The Labute approximate surface area is 152 Å². The molecule has 5 heteroatoms. The Hall–Kier alpha value is -2.53. The van der Waals surface area contributed by atoms with Crippen molar-refractivity contribution in [2.24, 2.45) is 5.92 Å². The summed E-state index contributed by atoms with van der Waals surface area (Å²) in [5.74, 6) is 0.372. The van der Waals surface area contributed by atoms with Gasteiger partial charge in [-0.2, -0.15) is 0 Å². The van der Waals surface area contributed by atoms with E-state index in [1.54, 1.807) is 12.1 Å². The molecule has 0 unspecified atom stereocenters. The molecule has 0 aliphatic carbocycles. The van der Waals surface area contributed by atoms with Crippen LogP contribution in [0, 0.1) is 11.7 Å². The number of rotatable bonds is 3. The summed E-state index contributed by atoms with van der Waals surface area (Å²) in [7, 11) is 0. The molecule has 4 nitrogen and oxygen atoms in total. The fourth-order valence-electron chi connectivity index (χ4n) is 4.47. The predicted molar refractivity (Wildman–Crippen MR) is 98.0 cm³/mol. The molecule has 0 saturated carbocycles. The molecule has 0 spiro atoms. The van der Waals surface area contributed by atoms with Crippen molar-refractivity contribution in [2.45, 2.75) is 25.4 Å². The van der Waals surface area contributed by atoms with Gasteiger partial charge in [0.15, 0.2) is 0 Å². The quantitative estimate of drug-likeness (QED) is 0.724. The number of halogens is 1. The third-order valence-electron chi connectivity index (χ3n) is 5.72. The van der Waals surface area contributed by atoms with Crippen LogP contribution in [0.1, 0.15) is 23.7 Å². The zero-order valence-corrected chi connectivity index (χ0v) is 14.6. The molecule has 2 aromatic carbocycles. The molecule has 3 heterocycles. The lowest BCUT2D eigenvalue weighted by molar-refractivity contribution is 0.306. The second-order valence-electron chi connectivity index (χ2n) is 7.35. The van der Waals surface area contributed by atoms with Crippen molar-refractivity contribution in [1.82, 2.24) is 19.9 Å². The van der Waals surface area contributed by atoms with Crippen molar-refractivity contribution >= 4 is 0 Å². The molecule has 0 radical (unpaired) electrons. The van der Waals surface area contributed by atoms with Gasteiger partial charge in [-0.15, -0.1) is 5.10 Å². The van der Waals surface area contributed by atoms with Gasteiger partial charge < -0.3 is 0 Å². The van der Waals surface area contributed by atoms with Gasteiger partial charge in [-0.25, -0.2) is 9.07 Å². The number of hydrogen-bond acceptors (Lipinski definition) is 3. The molecule has 26 heavy (non-hydrogen) atoms. The van der Waals surface area contributed by atoms with E-state index < -0.39 is 0 Å². The van der Waals surface area contributed by atoms with E-state index >= 15 is 0 Å². The minimum absolute atomic E-state index is 0.227. The molecule has 1 saturated heterocycles. The highest BCUT2D eigenvalue weighted by Gasteiger charge is 2.39. The molecule has 132 valence electrons. The first kappa shape index (κ1) is 15.7. The van der Waals surface area contributed by atoms with Gasteiger partial charge in [-0.1, -0.05) is 47.7 Å². The summed E-state index contributed by atoms with van der Waals surface area (Å²) in [6, 6.07) is 17.8. The van der Waals surface area contributed by atoms with E-state index in [4.69, 9.17) is 0 Å². The number of aromatic nitrogens is 3. The standard InChI is InChI=1S/C21H21FN4/c22-18-9-5-4-8-17(18)21-19-11-10-16-13-25(12-15-6-2-1-3-7-15)14-20(16)26(19)24-23-21/h1-9,16,20H,10-14H2/t16-,20-/m1/s1. The van der Waals surface area contributed by atoms with E-state index in [-0.39, 0.29) is 5.82 Å².